The molecule has 0 aromatic heterocycles. The van der Waals surface area contributed by atoms with Crippen molar-refractivity contribution in [2.24, 2.45) is 0 Å². The normalized spacial score (nSPS) is 13.3. The minimum atomic E-state index is -4.18. The van der Waals surface area contributed by atoms with Crippen LogP contribution in [0, 0.1) is 0 Å². The molecule has 1 atom stereocenters. The van der Waals surface area contributed by atoms with Crippen molar-refractivity contribution in [2.75, 3.05) is 6.61 Å². The van der Waals surface area contributed by atoms with Crippen LogP contribution >= 0.6 is 15.9 Å². The average molecular weight is 339 g/mol. The molecule has 1 aromatic carbocycles. The molecule has 0 N–H and O–H groups in total. The van der Waals surface area contributed by atoms with Crippen LogP contribution in [0.25, 0.3) is 0 Å². The van der Waals surface area contributed by atoms with Crippen molar-refractivity contribution >= 4 is 21.7 Å². The molecule has 2 nitrogen and oxygen atoms in total. The fraction of sp³-hybridized carbons (Fsp3) is 0.462. The van der Waals surface area contributed by atoms with E-state index >= 15 is 0 Å². The lowest BCUT2D eigenvalue weighted by Gasteiger charge is -2.12. The molecule has 0 amide bonds. The van der Waals surface area contributed by atoms with Gasteiger partial charge in [0.2, 0.25) is 0 Å². The van der Waals surface area contributed by atoms with Crippen LogP contribution in [-0.2, 0) is 4.74 Å². The number of hydrogen-bond acceptors (Lipinski definition) is 2. The van der Waals surface area contributed by atoms with E-state index in [0.29, 0.717) is 5.56 Å². The van der Waals surface area contributed by atoms with Gasteiger partial charge in [-0.25, -0.2) is 0 Å². The van der Waals surface area contributed by atoms with Gasteiger partial charge in [-0.3, -0.25) is 4.79 Å². The number of ketones is 1. The van der Waals surface area contributed by atoms with Gasteiger partial charge in [0.15, 0.2) is 5.78 Å². The van der Waals surface area contributed by atoms with E-state index in [1.165, 1.54) is 6.92 Å². The number of benzene rings is 1. The first kappa shape index (κ1) is 16.2. The van der Waals surface area contributed by atoms with E-state index in [1.807, 2.05) is 0 Å². The van der Waals surface area contributed by atoms with E-state index in [2.05, 4.69) is 15.9 Å². The fourth-order valence-corrected chi connectivity index (χ4v) is 1.72. The summed E-state index contributed by atoms with van der Waals surface area (Å²) in [5.41, 5.74) is 0.478. The molecule has 1 aromatic rings. The summed E-state index contributed by atoms with van der Waals surface area (Å²) in [5, 5.41) is 0. The topological polar surface area (TPSA) is 26.3 Å². The molecule has 1 unspecified atom stereocenters. The second kappa shape index (κ2) is 7.05. The van der Waals surface area contributed by atoms with E-state index in [0.717, 1.165) is 4.47 Å². The molecule has 0 saturated carbocycles. The van der Waals surface area contributed by atoms with Gasteiger partial charge >= 0.3 is 6.18 Å². The smallest absolute Gasteiger partial charge is 0.370 e. The first-order valence-electron chi connectivity index (χ1n) is 5.78. The summed E-state index contributed by atoms with van der Waals surface area (Å²) in [5.74, 6) is -0.237. The highest BCUT2D eigenvalue weighted by atomic mass is 79.9. The summed E-state index contributed by atoms with van der Waals surface area (Å²) in [7, 11) is 0. The molecule has 0 bridgehead atoms. The number of halogens is 4. The van der Waals surface area contributed by atoms with Gasteiger partial charge in [-0.05, 0) is 25.5 Å². The molecule has 0 heterocycles. The van der Waals surface area contributed by atoms with Gasteiger partial charge < -0.3 is 4.74 Å². The average Bonchev–Trinajstić information content (AvgIpc) is 2.33. The third-order valence-electron chi connectivity index (χ3n) is 2.47. The number of hydrogen-bond donors (Lipinski definition) is 0. The Kier molecular flexibility index (Phi) is 6.00. The monoisotopic (exact) mass is 338 g/mol. The third-order valence-corrected chi connectivity index (χ3v) is 3.00. The number of alkyl halides is 3. The highest BCUT2D eigenvalue weighted by Crippen LogP contribution is 2.21. The van der Waals surface area contributed by atoms with Crippen molar-refractivity contribution in [3.8, 4) is 0 Å². The van der Waals surface area contributed by atoms with Gasteiger partial charge in [-0.15, -0.1) is 0 Å². The van der Waals surface area contributed by atoms with Crippen LogP contribution in [0.2, 0.25) is 0 Å². The van der Waals surface area contributed by atoms with Crippen LogP contribution in [0.3, 0.4) is 0 Å². The molecule has 1 rings (SSSR count). The van der Waals surface area contributed by atoms with Gasteiger partial charge in [0.05, 0.1) is 0 Å². The molecule has 0 fully saturated rings. The highest BCUT2D eigenvalue weighted by Gasteiger charge is 2.26. The molecule has 0 aliphatic rings. The number of carbonyl (C=O) groups excluding carboxylic acids is 1. The largest absolute Gasteiger partial charge is 0.389 e. The van der Waals surface area contributed by atoms with Crippen LogP contribution in [0.4, 0.5) is 13.2 Å². The van der Waals surface area contributed by atoms with Gasteiger partial charge in [0.25, 0.3) is 0 Å². The maximum atomic E-state index is 11.9. The minimum Gasteiger partial charge on any atom is -0.370 e. The lowest BCUT2D eigenvalue weighted by Crippen LogP contribution is -2.22. The molecule has 0 radical (unpaired) electrons. The predicted octanol–water partition coefficient (Wildman–Crippen LogP) is 4.38. The van der Waals surface area contributed by atoms with Gasteiger partial charge in [0, 0.05) is 23.1 Å². The number of carbonyl (C=O) groups is 1. The highest BCUT2D eigenvalue weighted by molar-refractivity contribution is 9.10. The van der Waals surface area contributed by atoms with Crippen molar-refractivity contribution in [1.29, 1.82) is 0 Å². The Balaban J connectivity index is 2.39. The Bertz CT molecular complexity index is 415. The molecule has 0 spiro atoms. The van der Waals surface area contributed by atoms with Crippen molar-refractivity contribution in [3.05, 3.63) is 34.3 Å². The quantitative estimate of drug-likeness (QED) is 0.568. The molecule has 6 heteroatoms. The lowest BCUT2D eigenvalue weighted by molar-refractivity contribution is -0.138. The maximum absolute atomic E-state index is 11.9. The van der Waals surface area contributed by atoms with Crippen LogP contribution in [0.5, 0.6) is 0 Å². The van der Waals surface area contributed by atoms with Gasteiger partial charge in [-0.2, -0.15) is 13.2 Å². The minimum absolute atomic E-state index is 0.0804. The lowest BCUT2D eigenvalue weighted by atomic mass is 10.1. The number of ether oxygens (including phenoxy) is 1. The van der Waals surface area contributed by atoms with Crippen LogP contribution in [0.1, 0.15) is 30.1 Å². The molecule has 106 valence electrons. The van der Waals surface area contributed by atoms with Crippen molar-refractivity contribution < 1.29 is 22.7 Å². The van der Waals surface area contributed by atoms with Crippen molar-refractivity contribution in [3.63, 3.8) is 0 Å². The second-order valence-corrected chi connectivity index (χ2v) is 5.02. The van der Waals surface area contributed by atoms with E-state index in [-0.39, 0.29) is 18.8 Å². The molecule has 19 heavy (non-hydrogen) atoms. The fourth-order valence-electron chi connectivity index (χ4n) is 1.46. The Morgan fingerprint density at radius 1 is 1.32 bits per heavy atom. The first-order chi connectivity index (χ1) is 8.79. The van der Waals surface area contributed by atoms with E-state index in [1.54, 1.807) is 24.3 Å². The molecule has 0 saturated heterocycles. The molecular formula is C13H14BrF3O2. The predicted molar refractivity (Wildman–Crippen MR) is 69.2 cm³/mol. The van der Waals surface area contributed by atoms with Crippen LogP contribution < -0.4 is 0 Å². The molecular weight excluding hydrogens is 325 g/mol. The van der Waals surface area contributed by atoms with Crippen molar-refractivity contribution in [2.45, 2.75) is 32.0 Å². The summed E-state index contributed by atoms with van der Waals surface area (Å²) in [6, 6.07) is 6.73. The molecule has 0 aliphatic heterocycles. The Hall–Kier alpha value is -0.880. The molecule has 0 aliphatic carbocycles. The SMILES string of the molecule is CC(OCCCC(F)(F)F)C(=O)c1ccc(Br)cc1. The Morgan fingerprint density at radius 2 is 1.89 bits per heavy atom. The second-order valence-electron chi connectivity index (χ2n) is 4.10. The number of rotatable bonds is 6. The zero-order valence-corrected chi connectivity index (χ0v) is 11.9. The summed E-state index contributed by atoms with van der Waals surface area (Å²) in [4.78, 5) is 11.9. The van der Waals surface area contributed by atoms with E-state index in [9.17, 15) is 18.0 Å². The van der Waals surface area contributed by atoms with Gasteiger partial charge in [0.1, 0.15) is 6.10 Å². The summed E-state index contributed by atoms with van der Waals surface area (Å²) >= 11 is 3.25. The maximum Gasteiger partial charge on any atom is 0.389 e. The van der Waals surface area contributed by atoms with Gasteiger partial charge in [-0.1, -0.05) is 28.1 Å². The van der Waals surface area contributed by atoms with Crippen LogP contribution in [0.15, 0.2) is 28.7 Å². The van der Waals surface area contributed by atoms with E-state index < -0.39 is 18.7 Å². The van der Waals surface area contributed by atoms with E-state index in [4.69, 9.17) is 4.74 Å². The Morgan fingerprint density at radius 3 is 2.42 bits per heavy atom. The first-order valence-corrected chi connectivity index (χ1v) is 6.57. The standard InChI is InChI=1S/C13H14BrF3O2/c1-9(19-8-2-7-13(15,16)17)12(18)10-3-5-11(14)6-4-10/h3-6,9H,2,7-8H2,1H3. The Labute approximate surface area is 118 Å². The summed E-state index contributed by atoms with van der Waals surface area (Å²) in [6.45, 7) is 1.46. The van der Waals surface area contributed by atoms with Crippen LogP contribution in [-0.4, -0.2) is 24.7 Å². The summed E-state index contributed by atoms with van der Waals surface area (Å²) in [6.07, 6.45) is -5.95. The zero-order chi connectivity index (χ0) is 14.5. The van der Waals surface area contributed by atoms with Crippen molar-refractivity contribution in [1.82, 2.24) is 0 Å². The zero-order valence-electron chi connectivity index (χ0n) is 10.3. The summed E-state index contributed by atoms with van der Waals surface area (Å²) < 4.78 is 41.7. The number of Topliss-reactive ketones (excluding diaryl/α,β-unsaturated/α-hetero) is 1. The third kappa shape index (κ3) is 6.20.